The number of rotatable bonds is 5. The van der Waals surface area contributed by atoms with Crippen LogP contribution in [0.2, 0.25) is 0 Å². The van der Waals surface area contributed by atoms with Crippen molar-refractivity contribution >= 4 is 16.9 Å². The molecule has 0 saturated heterocycles. The van der Waals surface area contributed by atoms with Crippen molar-refractivity contribution in [1.82, 2.24) is 5.32 Å². The zero-order valence-electron chi connectivity index (χ0n) is 12.0. The number of amidine groups is 1. The average Bonchev–Trinajstić information content (AvgIpc) is 2.59. The Labute approximate surface area is 111 Å². The molecular formula is C14H28N2S. The Bertz CT molecular complexity index is 255. The van der Waals surface area contributed by atoms with Crippen molar-refractivity contribution in [2.45, 2.75) is 71.6 Å². The lowest BCUT2D eigenvalue weighted by Gasteiger charge is -2.22. The van der Waals surface area contributed by atoms with E-state index in [4.69, 9.17) is 0 Å². The van der Waals surface area contributed by atoms with E-state index in [1.165, 1.54) is 30.9 Å². The third-order valence-electron chi connectivity index (χ3n) is 2.92. The second kappa shape index (κ2) is 6.67. The van der Waals surface area contributed by atoms with Gasteiger partial charge in [0.05, 0.1) is 6.54 Å². The van der Waals surface area contributed by atoms with E-state index in [0.29, 0.717) is 16.7 Å². The topological polar surface area (TPSA) is 24.4 Å². The summed E-state index contributed by atoms with van der Waals surface area (Å²) in [4.78, 5) is 4.62. The third-order valence-corrected chi connectivity index (χ3v) is 4.04. The molecule has 1 heterocycles. The van der Waals surface area contributed by atoms with Gasteiger partial charge in [0.25, 0.3) is 0 Å². The normalized spacial score (nSPS) is 22.4. The predicted octanol–water partition coefficient (Wildman–Crippen LogP) is 4.06. The van der Waals surface area contributed by atoms with Gasteiger partial charge in [-0.1, -0.05) is 52.3 Å². The highest BCUT2D eigenvalue weighted by Gasteiger charge is 2.25. The molecule has 0 bridgehead atoms. The van der Waals surface area contributed by atoms with E-state index in [9.17, 15) is 0 Å². The van der Waals surface area contributed by atoms with Gasteiger partial charge in [0.2, 0.25) is 0 Å². The first kappa shape index (κ1) is 14.9. The number of unbranched alkanes of at least 4 members (excludes halogenated alkanes) is 1. The lowest BCUT2D eigenvalue weighted by molar-refractivity contribution is 0.375. The summed E-state index contributed by atoms with van der Waals surface area (Å²) in [5.41, 5.74) is 0.413. The number of nitrogens with zero attached hydrogens (tertiary/aromatic N) is 1. The molecule has 0 amide bonds. The minimum Gasteiger partial charge on any atom is -0.362 e. The molecular weight excluding hydrogens is 228 g/mol. The fourth-order valence-electron chi connectivity index (χ4n) is 2.08. The van der Waals surface area contributed by atoms with E-state index in [1.807, 2.05) is 11.8 Å². The maximum atomic E-state index is 4.62. The predicted molar refractivity (Wildman–Crippen MR) is 79.9 cm³/mol. The molecule has 1 N–H and O–H groups in total. The molecule has 0 aromatic rings. The van der Waals surface area contributed by atoms with E-state index < -0.39 is 0 Å². The molecule has 3 heteroatoms. The summed E-state index contributed by atoms with van der Waals surface area (Å²) >= 11 is 1.94. The van der Waals surface area contributed by atoms with Gasteiger partial charge >= 0.3 is 0 Å². The number of nitrogens with one attached hydrogen (secondary N) is 1. The van der Waals surface area contributed by atoms with Crippen molar-refractivity contribution in [2.24, 2.45) is 10.4 Å². The molecule has 2 nitrogen and oxygen atoms in total. The molecule has 1 aliphatic heterocycles. The molecule has 1 aliphatic rings. The van der Waals surface area contributed by atoms with Gasteiger partial charge in [0.15, 0.2) is 5.17 Å². The summed E-state index contributed by atoms with van der Waals surface area (Å²) in [6.45, 7) is 12.4. The molecule has 17 heavy (non-hydrogen) atoms. The Morgan fingerprint density at radius 2 is 2.18 bits per heavy atom. The van der Waals surface area contributed by atoms with Gasteiger partial charge in [-0.05, 0) is 25.2 Å². The first-order chi connectivity index (χ1) is 7.90. The quantitative estimate of drug-likeness (QED) is 0.802. The van der Waals surface area contributed by atoms with Crippen LogP contribution in [-0.4, -0.2) is 23.0 Å². The van der Waals surface area contributed by atoms with Crippen molar-refractivity contribution in [3.8, 4) is 0 Å². The van der Waals surface area contributed by atoms with Gasteiger partial charge in [-0.2, -0.15) is 0 Å². The van der Waals surface area contributed by atoms with Gasteiger partial charge < -0.3 is 5.32 Å². The largest absolute Gasteiger partial charge is 0.362 e. The smallest absolute Gasteiger partial charge is 0.157 e. The van der Waals surface area contributed by atoms with Crippen molar-refractivity contribution in [3.63, 3.8) is 0 Å². The monoisotopic (exact) mass is 256 g/mol. The zero-order chi connectivity index (χ0) is 12.9. The first-order valence-corrected chi connectivity index (χ1v) is 7.76. The van der Waals surface area contributed by atoms with E-state index in [2.05, 4.69) is 44.9 Å². The molecule has 0 fully saturated rings. The van der Waals surface area contributed by atoms with Crippen LogP contribution in [0.1, 0.15) is 60.3 Å². The summed E-state index contributed by atoms with van der Waals surface area (Å²) in [5.74, 6) is 0. The van der Waals surface area contributed by atoms with Gasteiger partial charge in [0, 0.05) is 11.3 Å². The van der Waals surface area contributed by atoms with Gasteiger partial charge in [-0.25, -0.2) is 0 Å². The molecule has 0 saturated carbocycles. The van der Waals surface area contributed by atoms with Crippen LogP contribution in [0, 0.1) is 5.41 Å². The van der Waals surface area contributed by atoms with E-state index in [0.717, 1.165) is 6.54 Å². The van der Waals surface area contributed by atoms with Crippen LogP contribution in [-0.2, 0) is 0 Å². The van der Waals surface area contributed by atoms with Crippen LogP contribution in [0.5, 0.6) is 0 Å². The molecule has 0 aliphatic carbocycles. The third kappa shape index (κ3) is 6.35. The Morgan fingerprint density at radius 1 is 1.47 bits per heavy atom. The molecule has 1 rings (SSSR count). The lowest BCUT2D eigenvalue weighted by atomic mass is 9.90. The van der Waals surface area contributed by atoms with Gasteiger partial charge in [-0.3, -0.25) is 4.99 Å². The fraction of sp³-hybridized carbons (Fsp3) is 0.929. The van der Waals surface area contributed by atoms with E-state index in [1.54, 1.807) is 0 Å². The highest BCUT2D eigenvalue weighted by molar-refractivity contribution is 8.14. The average molecular weight is 256 g/mol. The van der Waals surface area contributed by atoms with E-state index >= 15 is 0 Å². The minimum absolute atomic E-state index is 0.413. The van der Waals surface area contributed by atoms with Crippen molar-refractivity contribution in [1.29, 1.82) is 0 Å². The highest BCUT2D eigenvalue weighted by Crippen LogP contribution is 2.31. The standard InChI is InChI=1S/C14H28N2S/c1-6-7-8-11(2)16-13-15-10-12(17-13)9-14(3,4)5/h11-12H,6-10H2,1-5H3,(H,15,16). The highest BCUT2D eigenvalue weighted by atomic mass is 32.2. The maximum absolute atomic E-state index is 4.62. The van der Waals surface area contributed by atoms with E-state index in [-0.39, 0.29) is 0 Å². The lowest BCUT2D eigenvalue weighted by Crippen LogP contribution is -2.30. The molecule has 2 atom stereocenters. The summed E-state index contributed by atoms with van der Waals surface area (Å²) < 4.78 is 0. The van der Waals surface area contributed by atoms with Gasteiger partial charge in [0.1, 0.15) is 0 Å². The summed E-state index contributed by atoms with van der Waals surface area (Å²) in [6, 6.07) is 0.564. The SMILES string of the molecule is CCCCC(C)NC1=NCC(CC(C)(C)C)S1. The Hall–Kier alpha value is -0.180. The fourth-order valence-corrected chi connectivity index (χ4v) is 3.55. The zero-order valence-corrected chi connectivity index (χ0v) is 12.9. The molecule has 0 radical (unpaired) electrons. The number of aliphatic imine (C=N–C) groups is 1. The van der Waals surface area contributed by atoms with Crippen molar-refractivity contribution < 1.29 is 0 Å². The van der Waals surface area contributed by atoms with Crippen LogP contribution in [0.25, 0.3) is 0 Å². The summed E-state index contributed by atoms with van der Waals surface area (Å²) in [5, 5.41) is 5.39. The molecule has 0 aromatic carbocycles. The van der Waals surface area contributed by atoms with Crippen molar-refractivity contribution in [3.05, 3.63) is 0 Å². The molecule has 0 spiro atoms. The summed E-state index contributed by atoms with van der Waals surface area (Å²) in [6.07, 6.45) is 5.07. The van der Waals surface area contributed by atoms with Crippen LogP contribution >= 0.6 is 11.8 Å². The van der Waals surface area contributed by atoms with Crippen LogP contribution in [0.3, 0.4) is 0 Å². The van der Waals surface area contributed by atoms with Crippen LogP contribution < -0.4 is 5.32 Å². The van der Waals surface area contributed by atoms with Gasteiger partial charge in [-0.15, -0.1) is 0 Å². The molecule has 100 valence electrons. The molecule has 0 aromatic heterocycles. The number of hydrogen-bond donors (Lipinski definition) is 1. The van der Waals surface area contributed by atoms with Crippen molar-refractivity contribution in [2.75, 3.05) is 6.54 Å². The second-order valence-corrected chi connectivity index (χ2v) is 7.63. The number of thioether (sulfide) groups is 1. The molecule has 2 unspecified atom stereocenters. The van der Waals surface area contributed by atoms with Crippen LogP contribution in [0.4, 0.5) is 0 Å². The minimum atomic E-state index is 0.413. The maximum Gasteiger partial charge on any atom is 0.157 e. The Kier molecular flexibility index (Phi) is 5.84. The second-order valence-electron chi connectivity index (χ2n) is 6.34. The Morgan fingerprint density at radius 3 is 2.76 bits per heavy atom. The number of hydrogen-bond acceptors (Lipinski definition) is 3. The Balaban J connectivity index is 2.25. The first-order valence-electron chi connectivity index (χ1n) is 6.88. The summed E-state index contributed by atoms with van der Waals surface area (Å²) in [7, 11) is 0. The van der Waals surface area contributed by atoms with Crippen LogP contribution in [0.15, 0.2) is 4.99 Å².